The Morgan fingerprint density at radius 3 is 2.62 bits per heavy atom. The first-order valence-corrected chi connectivity index (χ1v) is 12.2. The molecule has 3 aromatic heterocycles. The predicted molar refractivity (Wildman–Crippen MR) is 129 cm³/mol. The summed E-state index contributed by atoms with van der Waals surface area (Å²) in [4.78, 5) is 34.2. The molecule has 1 aliphatic rings. The number of fused-ring (bicyclic) bond motifs is 1. The van der Waals surface area contributed by atoms with Crippen LogP contribution < -0.4 is 10.6 Å². The second kappa shape index (κ2) is 10.4. The standard InChI is InChI=1S/C25H27FN8O3/c1-14-9-17(5-8-19(14)26)12-27-22(35)20-10-21(34-25(31-20)29-13-30-34)23(36)28-11-16-3-6-18(7-4-16)24-33-32-15(2)37-24/h5,8-10,13,16,18H,3-4,6-7,11-12H2,1-2H3,(H,27,35)(H,28,36)/t16-,18-. The number of aromatic nitrogens is 6. The van der Waals surface area contributed by atoms with Gasteiger partial charge in [0.1, 0.15) is 23.5 Å². The van der Waals surface area contributed by atoms with Gasteiger partial charge in [-0.3, -0.25) is 9.59 Å². The molecule has 0 saturated heterocycles. The fourth-order valence-electron chi connectivity index (χ4n) is 4.60. The second-order valence-corrected chi connectivity index (χ2v) is 9.35. The molecule has 2 N–H and O–H groups in total. The van der Waals surface area contributed by atoms with Crippen LogP contribution in [0.15, 0.2) is 35.0 Å². The Hall–Kier alpha value is -4.22. The van der Waals surface area contributed by atoms with Crippen molar-refractivity contribution < 1.29 is 18.4 Å². The molecule has 1 aromatic carbocycles. The van der Waals surface area contributed by atoms with Crippen molar-refractivity contribution >= 4 is 17.6 Å². The Morgan fingerprint density at radius 1 is 1.08 bits per heavy atom. The molecule has 5 rings (SSSR count). The average molecular weight is 507 g/mol. The highest BCUT2D eigenvalue weighted by atomic mass is 19.1. The summed E-state index contributed by atoms with van der Waals surface area (Å²) in [5, 5.41) is 17.9. The summed E-state index contributed by atoms with van der Waals surface area (Å²) < 4.78 is 20.4. The number of carbonyl (C=O) groups excluding carboxylic acids is 2. The number of amides is 2. The summed E-state index contributed by atoms with van der Waals surface area (Å²) in [7, 11) is 0. The van der Waals surface area contributed by atoms with E-state index in [0.717, 1.165) is 31.2 Å². The van der Waals surface area contributed by atoms with E-state index in [1.54, 1.807) is 26.0 Å². The van der Waals surface area contributed by atoms with Crippen LogP contribution in [0.25, 0.3) is 5.78 Å². The number of benzene rings is 1. The van der Waals surface area contributed by atoms with E-state index in [1.807, 2.05) is 0 Å². The van der Waals surface area contributed by atoms with E-state index in [2.05, 4.69) is 35.9 Å². The van der Waals surface area contributed by atoms with Gasteiger partial charge in [0.25, 0.3) is 17.6 Å². The third-order valence-electron chi connectivity index (χ3n) is 6.68. The minimum Gasteiger partial charge on any atom is -0.425 e. The van der Waals surface area contributed by atoms with Crippen molar-refractivity contribution in [3.8, 4) is 0 Å². The van der Waals surface area contributed by atoms with Crippen LogP contribution in [0.2, 0.25) is 0 Å². The number of carbonyl (C=O) groups is 2. The molecule has 1 fully saturated rings. The molecular formula is C25H27FN8O3. The fourth-order valence-corrected chi connectivity index (χ4v) is 4.60. The Labute approximate surface area is 211 Å². The Kier molecular flexibility index (Phi) is 6.89. The summed E-state index contributed by atoms with van der Waals surface area (Å²) in [6.07, 6.45) is 4.98. The van der Waals surface area contributed by atoms with Gasteiger partial charge in [0.2, 0.25) is 11.8 Å². The molecule has 0 bridgehead atoms. The first-order valence-electron chi connectivity index (χ1n) is 12.2. The van der Waals surface area contributed by atoms with Crippen LogP contribution in [0.5, 0.6) is 0 Å². The zero-order valence-electron chi connectivity index (χ0n) is 20.6. The van der Waals surface area contributed by atoms with Crippen molar-refractivity contribution in [2.75, 3.05) is 6.54 Å². The fraction of sp³-hybridized carbons (Fsp3) is 0.400. The van der Waals surface area contributed by atoms with E-state index in [0.29, 0.717) is 29.8 Å². The molecule has 3 heterocycles. The van der Waals surface area contributed by atoms with Gasteiger partial charge in [-0.15, -0.1) is 10.2 Å². The van der Waals surface area contributed by atoms with Crippen molar-refractivity contribution in [1.82, 2.24) is 40.4 Å². The maximum atomic E-state index is 13.5. The van der Waals surface area contributed by atoms with Crippen LogP contribution in [0.1, 0.15) is 75.5 Å². The lowest BCUT2D eigenvalue weighted by Gasteiger charge is -2.26. The molecule has 2 amide bonds. The van der Waals surface area contributed by atoms with E-state index in [9.17, 15) is 14.0 Å². The quantitative estimate of drug-likeness (QED) is 0.390. The SMILES string of the molecule is Cc1nnc([C@H]2CC[C@H](CNC(=O)c3cc(C(=O)NCc4ccc(F)c(C)c4)nc4ncnn34)CC2)o1. The van der Waals surface area contributed by atoms with Gasteiger partial charge in [0, 0.05) is 32.0 Å². The van der Waals surface area contributed by atoms with E-state index in [4.69, 9.17) is 4.42 Å². The molecule has 0 atom stereocenters. The molecular weight excluding hydrogens is 479 g/mol. The van der Waals surface area contributed by atoms with Crippen LogP contribution in [-0.2, 0) is 6.54 Å². The lowest BCUT2D eigenvalue weighted by molar-refractivity contribution is 0.0934. The number of halogens is 1. The van der Waals surface area contributed by atoms with Crippen molar-refractivity contribution in [3.05, 3.63) is 70.7 Å². The molecule has 192 valence electrons. The third-order valence-corrected chi connectivity index (χ3v) is 6.68. The lowest BCUT2D eigenvalue weighted by Crippen LogP contribution is -2.33. The van der Waals surface area contributed by atoms with Crippen LogP contribution >= 0.6 is 0 Å². The van der Waals surface area contributed by atoms with Gasteiger partial charge < -0.3 is 15.1 Å². The second-order valence-electron chi connectivity index (χ2n) is 9.35. The van der Waals surface area contributed by atoms with Gasteiger partial charge in [0.15, 0.2) is 0 Å². The van der Waals surface area contributed by atoms with Gasteiger partial charge in [-0.2, -0.15) is 14.6 Å². The minimum absolute atomic E-state index is 0.0415. The number of rotatable bonds is 7. The summed E-state index contributed by atoms with van der Waals surface area (Å²) in [6.45, 7) is 4.13. The zero-order chi connectivity index (χ0) is 25.9. The van der Waals surface area contributed by atoms with Crippen LogP contribution in [0.3, 0.4) is 0 Å². The molecule has 37 heavy (non-hydrogen) atoms. The maximum absolute atomic E-state index is 13.5. The first-order chi connectivity index (χ1) is 17.9. The third kappa shape index (κ3) is 5.47. The lowest BCUT2D eigenvalue weighted by atomic mass is 9.82. The average Bonchev–Trinajstić information content (AvgIpc) is 3.56. The topological polar surface area (TPSA) is 140 Å². The smallest absolute Gasteiger partial charge is 0.270 e. The Morgan fingerprint density at radius 2 is 1.89 bits per heavy atom. The highest BCUT2D eigenvalue weighted by Crippen LogP contribution is 2.34. The van der Waals surface area contributed by atoms with Gasteiger partial charge in [0.05, 0.1) is 0 Å². The number of hydrogen-bond donors (Lipinski definition) is 2. The van der Waals surface area contributed by atoms with Gasteiger partial charge in [-0.05, 0) is 55.7 Å². The number of nitrogens with one attached hydrogen (secondary N) is 2. The highest BCUT2D eigenvalue weighted by molar-refractivity contribution is 5.98. The van der Waals surface area contributed by atoms with Crippen molar-refractivity contribution in [2.45, 2.75) is 52.0 Å². The van der Waals surface area contributed by atoms with Gasteiger partial charge in [-0.25, -0.2) is 9.37 Å². The number of nitrogens with zero attached hydrogens (tertiary/aromatic N) is 6. The first kappa shape index (κ1) is 24.5. The normalized spacial score (nSPS) is 17.6. The monoisotopic (exact) mass is 506 g/mol. The summed E-state index contributed by atoms with van der Waals surface area (Å²) in [5.74, 6) is 0.824. The van der Waals surface area contributed by atoms with Crippen molar-refractivity contribution in [3.63, 3.8) is 0 Å². The zero-order valence-corrected chi connectivity index (χ0v) is 20.6. The number of hydrogen-bond acceptors (Lipinski definition) is 8. The number of aryl methyl sites for hydroxylation is 2. The Balaban J connectivity index is 1.21. The summed E-state index contributed by atoms with van der Waals surface area (Å²) in [6, 6.07) is 6.03. The molecule has 1 aliphatic carbocycles. The molecule has 12 heteroatoms. The van der Waals surface area contributed by atoms with Crippen LogP contribution in [0.4, 0.5) is 4.39 Å². The molecule has 1 saturated carbocycles. The largest absolute Gasteiger partial charge is 0.425 e. The van der Waals surface area contributed by atoms with E-state index in [1.165, 1.54) is 23.0 Å². The van der Waals surface area contributed by atoms with Crippen molar-refractivity contribution in [2.24, 2.45) is 5.92 Å². The van der Waals surface area contributed by atoms with Gasteiger partial charge >= 0.3 is 0 Å². The van der Waals surface area contributed by atoms with E-state index < -0.39 is 5.91 Å². The highest BCUT2D eigenvalue weighted by Gasteiger charge is 2.27. The van der Waals surface area contributed by atoms with E-state index in [-0.39, 0.29) is 41.4 Å². The molecule has 4 aromatic rings. The molecule has 0 unspecified atom stereocenters. The van der Waals surface area contributed by atoms with Crippen LogP contribution in [-0.4, -0.2) is 48.1 Å². The van der Waals surface area contributed by atoms with E-state index >= 15 is 0 Å². The molecule has 0 spiro atoms. The molecule has 0 aliphatic heterocycles. The van der Waals surface area contributed by atoms with Gasteiger partial charge in [-0.1, -0.05) is 12.1 Å². The Bertz CT molecular complexity index is 1440. The minimum atomic E-state index is -0.476. The van der Waals surface area contributed by atoms with Crippen LogP contribution in [0, 0.1) is 25.6 Å². The summed E-state index contributed by atoms with van der Waals surface area (Å²) in [5.41, 5.74) is 1.45. The van der Waals surface area contributed by atoms with Crippen molar-refractivity contribution in [1.29, 1.82) is 0 Å². The molecule has 0 radical (unpaired) electrons. The predicted octanol–water partition coefficient (Wildman–Crippen LogP) is 2.90. The maximum Gasteiger partial charge on any atom is 0.270 e. The summed E-state index contributed by atoms with van der Waals surface area (Å²) >= 11 is 0. The molecule has 11 nitrogen and oxygen atoms in total.